The first-order valence-corrected chi connectivity index (χ1v) is 13.0. The van der Waals surface area contributed by atoms with Gasteiger partial charge in [0.1, 0.15) is 17.6 Å². The number of likely N-dealkylation sites (tertiary alicyclic amines) is 1. The fourth-order valence-electron chi connectivity index (χ4n) is 9.04. The Kier molecular flexibility index (Phi) is 4.01. The molecule has 6 nitrogen and oxygen atoms in total. The molecule has 0 amide bonds. The van der Waals surface area contributed by atoms with Crippen molar-refractivity contribution < 1.29 is 23.7 Å². The third-order valence-corrected chi connectivity index (χ3v) is 10.3. The summed E-state index contributed by atoms with van der Waals surface area (Å²) in [5, 5.41) is 2.08. The van der Waals surface area contributed by atoms with Gasteiger partial charge in [0.15, 0.2) is 17.1 Å². The molecular formula is C31H31NO5. The van der Waals surface area contributed by atoms with Crippen LogP contribution < -0.4 is 18.9 Å². The van der Waals surface area contributed by atoms with Gasteiger partial charge in [-0.15, -0.1) is 0 Å². The van der Waals surface area contributed by atoms with Gasteiger partial charge >= 0.3 is 0 Å². The molecular weight excluding hydrogens is 466 g/mol. The van der Waals surface area contributed by atoms with Crippen molar-refractivity contribution in [3.8, 4) is 23.0 Å². The Bertz CT molecular complexity index is 1550. The molecule has 2 spiro atoms. The van der Waals surface area contributed by atoms with Crippen LogP contribution in [0.15, 0.2) is 48.6 Å². The summed E-state index contributed by atoms with van der Waals surface area (Å²) in [6, 6.07) is 12.9. The fraction of sp³-hybridized carbons (Fsp3) is 0.419. The fourth-order valence-corrected chi connectivity index (χ4v) is 9.04. The summed E-state index contributed by atoms with van der Waals surface area (Å²) in [4.78, 5) is 2.54. The number of hydrogen-bond donors (Lipinski definition) is 0. The number of ether oxygens (including phenoxy) is 5. The van der Waals surface area contributed by atoms with Gasteiger partial charge in [-0.2, -0.15) is 0 Å². The average Bonchev–Trinajstić information content (AvgIpc) is 3.30. The standard InChI is InChI=1S/C31H31NO5/c1-32-15-14-30-22-17-10-11-20(33-2)27(22)37-28(30)31(36-5)13-12-29(30,21(32)16-17)23-24(31)26(35-4)19-9-7-6-8-18(19)25(23)34-3/h6-13,21,28H,14-16H2,1-5H3. The molecule has 0 aromatic heterocycles. The van der Waals surface area contributed by atoms with E-state index in [1.807, 2.05) is 0 Å². The summed E-state index contributed by atoms with van der Waals surface area (Å²) in [6.45, 7) is 0.984. The van der Waals surface area contributed by atoms with Crippen LogP contribution in [0.1, 0.15) is 28.7 Å². The minimum atomic E-state index is -0.848. The van der Waals surface area contributed by atoms with Crippen LogP contribution in [0.25, 0.3) is 10.8 Å². The summed E-state index contributed by atoms with van der Waals surface area (Å²) in [5.41, 5.74) is 3.32. The van der Waals surface area contributed by atoms with Crippen LogP contribution in [0, 0.1) is 0 Å². The SMILES string of the molecule is COc1ccc2c3c1OC1C4(OC)C=CC5(c6c4c(OC)c4ccccc4c6OC)C(C2)N(C)CCC315. The predicted molar refractivity (Wildman–Crippen MR) is 140 cm³/mol. The van der Waals surface area contributed by atoms with Gasteiger partial charge in [-0.05, 0) is 44.1 Å². The smallest absolute Gasteiger partial charge is 0.166 e. The Balaban J connectivity index is 1.62. The molecule has 0 saturated carbocycles. The van der Waals surface area contributed by atoms with E-state index in [2.05, 4.69) is 60.5 Å². The molecule has 9 rings (SSSR count). The lowest BCUT2D eigenvalue weighted by atomic mass is 9.37. The molecule has 2 heterocycles. The van der Waals surface area contributed by atoms with E-state index >= 15 is 0 Å². The Hall–Kier alpha value is -3.22. The van der Waals surface area contributed by atoms with Gasteiger partial charge < -0.3 is 28.6 Å². The lowest BCUT2D eigenvalue weighted by Crippen LogP contribution is -2.78. The van der Waals surface area contributed by atoms with Crippen molar-refractivity contribution in [2.24, 2.45) is 0 Å². The highest BCUT2D eigenvalue weighted by atomic mass is 16.6. The highest BCUT2D eigenvalue weighted by molar-refractivity contribution is 5.98. The van der Waals surface area contributed by atoms with E-state index in [1.54, 1.807) is 28.4 Å². The van der Waals surface area contributed by atoms with Gasteiger partial charge in [0.05, 0.1) is 26.7 Å². The van der Waals surface area contributed by atoms with Crippen LogP contribution in [-0.2, 0) is 27.6 Å². The topological polar surface area (TPSA) is 49.4 Å². The first-order valence-electron chi connectivity index (χ1n) is 13.0. The van der Waals surface area contributed by atoms with Crippen LogP contribution in [0.5, 0.6) is 23.0 Å². The lowest BCUT2D eigenvalue weighted by molar-refractivity contribution is -0.145. The minimum Gasteiger partial charge on any atom is -0.496 e. The molecule has 6 heteroatoms. The van der Waals surface area contributed by atoms with Crippen molar-refractivity contribution in [2.45, 2.75) is 41.4 Å². The molecule has 190 valence electrons. The van der Waals surface area contributed by atoms with E-state index in [1.165, 1.54) is 16.7 Å². The largest absolute Gasteiger partial charge is 0.496 e. The molecule has 3 aromatic rings. The third-order valence-electron chi connectivity index (χ3n) is 10.3. The van der Waals surface area contributed by atoms with Crippen LogP contribution in [0.2, 0.25) is 0 Å². The molecule has 2 aliphatic heterocycles. The molecule has 4 bridgehead atoms. The molecule has 5 atom stereocenters. The lowest BCUT2D eigenvalue weighted by Gasteiger charge is -2.69. The maximum Gasteiger partial charge on any atom is 0.166 e. The summed E-state index contributed by atoms with van der Waals surface area (Å²) in [6.07, 6.45) is 6.30. The van der Waals surface area contributed by atoms with E-state index in [0.29, 0.717) is 0 Å². The summed E-state index contributed by atoms with van der Waals surface area (Å²) >= 11 is 0. The molecule has 4 aliphatic carbocycles. The van der Waals surface area contributed by atoms with Crippen LogP contribution in [-0.4, -0.2) is 59.1 Å². The van der Waals surface area contributed by atoms with Gasteiger partial charge in [0.25, 0.3) is 0 Å². The number of piperidine rings is 1. The predicted octanol–water partition coefficient (Wildman–Crippen LogP) is 4.49. The first kappa shape index (κ1) is 21.8. The molecule has 1 fully saturated rings. The van der Waals surface area contributed by atoms with Gasteiger partial charge in [-0.1, -0.05) is 36.4 Å². The quantitative estimate of drug-likeness (QED) is 0.495. The zero-order chi connectivity index (χ0) is 25.3. The van der Waals surface area contributed by atoms with Gasteiger partial charge in [0.2, 0.25) is 0 Å². The number of fused-ring (bicyclic) bond motifs is 1. The number of likely N-dealkylation sites (N-methyl/N-ethyl adjacent to an activating group) is 1. The first-order chi connectivity index (χ1) is 18.0. The minimum absolute atomic E-state index is 0.226. The Morgan fingerprint density at radius 3 is 2.27 bits per heavy atom. The molecule has 1 saturated heterocycles. The maximum absolute atomic E-state index is 7.08. The second-order valence-corrected chi connectivity index (χ2v) is 11.1. The zero-order valence-corrected chi connectivity index (χ0v) is 21.9. The molecule has 6 aliphatic rings. The third kappa shape index (κ3) is 2.03. The molecule has 0 N–H and O–H groups in total. The number of hydrogen-bond acceptors (Lipinski definition) is 6. The van der Waals surface area contributed by atoms with E-state index in [9.17, 15) is 0 Å². The Morgan fingerprint density at radius 1 is 0.865 bits per heavy atom. The summed E-state index contributed by atoms with van der Waals surface area (Å²) < 4.78 is 32.2. The van der Waals surface area contributed by atoms with E-state index < -0.39 is 5.60 Å². The Morgan fingerprint density at radius 2 is 1.59 bits per heavy atom. The summed E-state index contributed by atoms with van der Waals surface area (Å²) in [7, 11) is 9.34. The van der Waals surface area contributed by atoms with Crippen molar-refractivity contribution in [1.29, 1.82) is 0 Å². The number of benzene rings is 3. The van der Waals surface area contributed by atoms with E-state index in [4.69, 9.17) is 23.7 Å². The molecule has 5 unspecified atom stereocenters. The number of rotatable bonds is 4. The second kappa shape index (κ2) is 6.80. The second-order valence-electron chi connectivity index (χ2n) is 11.1. The van der Waals surface area contributed by atoms with Gasteiger partial charge in [-0.25, -0.2) is 0 Å². The van der Waals surface area contributed by atoms with Gasteiger partial charge in [-0.3, -0.25) is 0 Å². The van der Waals surface area contributed by atoms with Crippen molar-refractivity contribution in [3.63, 3.8) is 0 Å². The van der Waals surface area contributed by atoms with Crippen molar-refractivity contribution in [2.75, 3.05) is 42.0 Å². The number of nitrogens with zero attached hydrogens (tertiary/aromatic N) is 1. The average molecular weight is 498 g/mol. The van der Waals surface area contributed by atoms with Gasteiger partial charge in [0, 0.05) is 46.0 Å². The van der Waals surface area contributed by atoms with Crippen molar-refractivity contribution in [1.82, 2.24) is 4.90 Å². The van der Waals surface area contributed by atoms with Crippen molar-refractivity contribution >= 4 is 10.8 Å². The molecule has 3 aromatic carbocycles. The van der Waals surface area contributed by atoms with Crippen LogP contribution in [0.4, 0.5) is 0 Å². The maximum atomic E-state index is 7.08. The normalized spacial score (nSPS) is 33.6. The monoisotopic (exact) mass is 497 g/mol. The highest BCUT2D eigenvalue weighted by Crippen LogP contribution is 2.76. The zero-order valence-electron chi connectivity index (χ0n) is 21.9. The van der Waals surface area contributed by atoms with Crippen LogP contribution >= 0.6 is 0 Å². The van der Waals surface area contributed by atoms with E-state index in [0.717, 1.165) is 58.7 Å². The number of methoxy groups -OCH3 is 4. The highest BCUT2D eigenvalue weighted by Gasteiger charge is 2.79. The van der Waals surface area contributed by atoms with E-state index in [-0.39, 0.29) is 23.0 Å². The molecule has 0 radical (unpaired) electrons. The summed E-state index contributed by atoms with van der Waals surface area (Å²) in [5.74, 6) is 3.41. The van der Waals surface area contributed by atoms with Crippen LogP contribution in [0.3, 0.4) is 0 Å². The van der Waals surface area contributed by atoms with Crippen molar-refractivity contribution in [3.05, 3.63) is 70.8 Å². The Labute approximate surface area is 216 Å². The molecule has 37 heavy (non-hydrogen) atoms.